The summed E-state index contributed by atoms with van der Waals surface area (Å²) in [5, 5.41) is 9.53. The van der Waals surface area contributed by atoms with Crippen molar-refractivity contribution in [2.45, 2.75) is 44.9 Å². The highest BCUT2D eigenvalue weighted by atomic mass is 32.2. The second-order valence-electron chi connectivity index (χ2n) is 9.72. The highest BCUT2D eigenvalue weighted by Gasteiger charge is 2.45. The molecule has 0 spiro atoms. The van der Waals surface area contributed by atoms with Crippen LogP contribution in [-0.2, 0) is 9.53 Å². The van der Waals surface area contributed by atoms with E-state index in [4.69, 9.17) is 4.74 Å². The zero-order valence-electron chi connectivity index (χ0n) is 19.2. The molecule has 3 saturated heterocycles. The van der Waals surface area contributed by atoms with Crippen molar-refractivity contribution in [3.8, 4) is 5.75 Å². The maximum Gasteiger partial charge on any atom is 0.411 e. The minimum atomic E-state index is -0.595. The predicted molar refractivity (Wildman–Crippen MR) is 126 cm³/mol. The lowest BCUT2D eigenvalue weighted by Crippen LogP contribution is -2.51. The summed E-state index contributed by atoms with van der Waals surface area (Å²) in [7, 11) is 0. The molecular weight excluding hydrogens is 428 g/mol. The Bertz CT molecular complexity index is 814. The third-order valence-corrected chi connectivity index (χ3v) is 7.27. The van der Waals surface area contributed by atoms with Crippen LogP contribution in [0.25, 0.3) is 0 Å². The van der Waals surface area contributed by atoms with E-state index < -0.39 is 17.7 Å². The third kappa shape index (κ3) is 5.26. The molecule has 1 aromatic rings. The van der Waals surface area contributed by atoms with E-state index in [-0.39, 0.29) is 17.7 Å². The number of carbonyl (C=O) groups is 2. The van der Waals surface area contributed by atoms with Crippen LogP contribution in [-0.4, -0.2) is 100 Å². The fourth-order valence-corrected chi connectivity index (χ4v) is 5.60. The third-order valence-electron chi connectivity index (χ3n) is 6.30. The predicted octanol–water partition coefficient (Wildman–Crippen LogP) is 2.43. The number of anilines is 1. The summed E-state index contributed by atoms with van der Waals surface area (Å²) >= 11 is 1.76. The van der Waals surface area contributed by atoms with Crippen LogP contribution < -0.4 is 4.90 Å². The zero-order chi connectivity index (χ0) is 22.9. The van der Waals surface area contributed by atoms with Crippen molar-refractivity contribution in [1.29, 1.82) is 0 Å². The van der Waals surface area contributed by atoms with Gasteiger partial charge in [0, 0.05) is 56.8 Å². The van der Waals surface area contributed by atoms with E-state index >= 15 is 0 Å². The standard InChI is InChI=1S/C23H34N4O4S/c1-23(2,3)31-22(30)27-15-18(14-20(27)21(29)26-12-13-32-16-26)25-10-8-24(9-11-25)17-4-6-19(28)7-5-17/h4-7,18,20,28H,8-16H2,1-3H3/t18-,20-/m0/s1. The summed E-state index contributed by atoms with van der Waals surface area (Å²) in [6, 6.07) is 6.99. The first-order valence-electron chi connectivity index (χ1n) is 11.4. The molecule has 0 aliphatic carbocycles. The van der Waals surface area contributed by atoms with E-state index in [1.54, 1.807) is 28.8 Å². The number of nitrogens with zero attached hydrogens (tertiary/aromatic N) is 4. The summed E-state index contributed by atoms with van der Waals surface area (Å²) in [6.45, 7) is 10.3. The highest BCUT2D eigenvalue weighted by Crippen LogP contribution is 2.29. The van der Waals surface area contributed by atoms with Crippen molar-refractivity contribution in [3.05, 3.63) is 24.3 Å². The Morgan fingerprint density at radius 2 is 1.75 bits per heavy atom. The number of hydrogen-bond donors (Lipinski definition) is 1. The van der Waals surface area contributed by atoms with Crippen molar-refractivity contribution in [2.75, 3.05) is 55.8 Å². The number of phenols is 1. The van der Waals surface area contributed by atoms with Gasteiger partial charge in [0.15, 0.2) is 0 Å². The molecular formula is C23H34N4O4S. The number of thioether (sulfide) groups is 1. The van der Waals surface area contributed by atoms with Crippen molar-refractivity contribution in [2.24, 2.45) is 0 Å². The summed E-state index contributed by atoms with van der Waals surface area (Å²) in [6.07, 6.45) is 0.256. The van der Waals surface area contributed by atoms with Gasteiger partial charge >= 0.3 is 6.09 Å². The molecule has 32 heavy (non-hydrogen) atoms. The molecule has 1 N–H and O–H groups in total. The summed E-state index contributed by atoms with van der Waals surface area (Å²) < 4.78 is 5.65. The van der Waals surface area contributed by atoms with Crippen molar-refractivity contribution < 1.29 is 19.4 Å². The van der Waals surface area contributed by atoms with Gasteiger partial charge in [-0.25, -0.2) is 4.79 Å². The Kier molecular flexibility index (Phi) is 6.76. The SMILES string of the molecule is CC(C)(C)OC(=O)N1C[C@@H](N2CCN(c3ccc(O)cc3)CC2)C[C@H]1C(=O)N1CCSC1. The van der Waals surface area contributed by atoms with Gasteiger partial charge < -0.3 is 19.6 Å². The summed E-state index contributed by atoms with van der Waals surface area (Å²) in [5.41, 5.74) is 0.506. The number of rotatable bonds is 3. The smallest absolute Gasteiger partial charge is 0.411 e. The van der Waals surface area contributed by atoms with Crippen LogP contribution in [0, 0.1) is 0 Å². The van der Waals surface area contributed by atoms with Gasteiger partial charge in [-0.3, -0.25) is 14.6 Å². The van der Waals surface area contributed by atoms with Crippen molar-refractivity contribution >= 4 is 29.4 Å². The van der Waals surface area contributed by atoms with Gasteiger partial charge in [0.25, 0.3) is 0 Å². The van der Waals surface area contributed by atoms with Gasteiger partial charge in [-0.1, -0.05) is 0 Å². The second kappa shape index (κ2) is 9.39. The molecule has 3 fully saturated rings. The van der Waals surface area contributed by atoms with Gasteiger partial charge in [0.2, 0.25) is 5.91 Å². The van der Waals surface area contributed by atoms with Gasteiger partial charge in [0.1, 0.15) is 17.4 Å². The molecule has 8 nitrogen and oxygen atoms in total. The number of likely N-dealkylation sites (tertiary alicyclic amines) is 1. The molecule has 9 heteroatoms. The molecule has 0 unspecified atom stereocenters. The molecule has 3 heterocycles. The van der Waals surface area contributed by atoms with E-state index in [0.717, 1.165) is 44.2 Å². The van der Waals surface area contributed by atoms with Crippen LogP contribution in [0.5, 0.6) is 5.75 Å². The quantitative estimate of drug-likeness (QED) is 0.739. The van der Waals surface area contributed by atoms with E-state index in [1.165, 1.54) is 0 Å². The number of aromatic hydroxyl groups is 1. The summed E-state index contributed by atoms with van der Waals surface area (Å²) in [4.78, 5) is 34.4. The van der Waals surface area contributed by atoms with Crippen LogP contribution in [0.15, 0.2) is 24.3 Å². The molecule has 3 aliphatic heterocycles. The molecule has 176 valence electrons. The number of hydrogen-bond acceptors (Lipinski definition) is 7. The topological polar surface area (TPSA) is 76.6 Å². The van der Waals surface area contributed by atoms with Crippen LogP contribution in [0.4, 0.5) is 10.5 Å². The Morgan fingerprint density at radius 3 is 2.34 bits per heavy atom. The normalized spacial score (nSPS) is 24.8. The number of phenolic OH excluding ortho intramolecular Hbond substituents is 1. The lowest BCUT2D eigenvalue weighted by atomic mass is 10.1. The summed E-state index contributed by atoms with van der Waals surface area (Å²) in [5.74, 6) is 1.97. The molecule has 0 aromatic heterocycles. The number of benzene rings is 1. The van der Waals surface area contributed by atoms with Gasteiger partial charge in [-0.2, -0.15) is 0 Å². The Balaban J connectivity index is 1.42. The highest BCUT2D eigenvalue weighted by molar-refractivity contribution is 7.99. The molecule has 2 amide bonds. The average molecular weight is 463 g/mol. The minimum absolute atomic E-state index is 0.0473. The maximum absolute atomic E-state index is 13.2. The van der Waals surface area contributed by atoms with Crippen LogP contribution in [0.1, 0.15) is 27.2 Å². The Hall–Kier alpha value is -2.13. The molecule has 0 bridgehead atoms. The van der Waals surface area contributed by atoms with Crippen LogP contribution in [0.2, 0.25) is 0 Å². The Morgan fingerprint density at radius 1 is 1.06 bits per heavy atom. The Labute approximate surface area is 194 Å². The number of ether oxygens (including phenoxy) is 1. The second-order valence-corrected chi connectivity index (χ2v) is 10.8. The van der Waals surface area contributed by atoms with Crippen LogP contribution >= 0.6 is 11.8 Å². The zero-order valence-corrected chi connectivity index (χ0v) is 20.0. The molecule has 2 atom stereocenters. The van der Waals surface area contributed by atoms with E-state index in [1.807, 2.05) is 37.8 Å². The lowest BCUT2D eigenvalue weighted by molar-refractivity contribution is -0.134. The fraction of sp³-hybridized carbons (Fsp3) is 0.652. The first-order chi connectivity index (χ1) is 15.2. The molecule has 4 rings (SSSR count). The largest absolute Gasteiger partial charge is 0.508 e. The number of carbonyl (C=O) groups excluding carboxylic acids is 2. The molecule has 1 aromatic carbocycles. The lowest BCUT2D eigenvalue weighted by Gasteiger charge is -2.39. The first kappa shape index (κ1) is 23.0. The van der Waals surface area contributed by atoms with Crippen LogP contribution in [0.3, 0.4) is 0 Å². The van der Waals surface area contributed by atoms with Gasteiger partial charge in [0.05, 0.1) is 5.88 Å². The van der Waals surface area contributed by atoms with Crippen molar-refractivity contribution in [1.82, 2.24) is 14.7 Å². The molecule has 3 aliphatic rings. The maximum atomic E-state index is 13.2. The number of piperazine rings is 1. The molecule has 0 saturated carbocycles. The van der Waals surface area contributed by atoms with Crippen molar-refractivity contribution in [3.63, 3.8) is 0 Å². The first-order valence-corrected chi connectivity index (χ1v) is 12.5. The fourth-order valence-electron chi connectivity index (χ4n) is 4.64. The van der Waals surface area contributed by atoms with E-state index in [2.05, 4.69) is 9.80 Å². The minimum Gasteiger partial charge on any atom is -0.508 e. The molecule has 0 radical (unpaired) electrons. The monoisotopic (exact) mass is 462 g/mol. The average Bonchev–Trinajstić information content (AvgIpc) is 3.43. The number of amides is 2. The van der Waals surface area contributed by atoms with Gasteiger partial charge in [-0.05, 0) is 51.5 Å². The van der Waals surface area contributed by atoms with E-state index in [9.17, 15) is 14.7 Å². The van der Waals surface area contributed by atoms with E-state index in [0.29, 0.717) is 18.8 Å². The van der Waals surface area contributed by atoms with Gasteiger partial charge in [-0.15, -0.1) is 11.8 Å².